The lowest BCUT2D eigenvalue weighted by Gasteiger charge is -2.25. The Morgan fingerprint density at radius 3 is 2.62 bits per heavy atom. The third-order valence-electron chi connectivity index (χ3n) is 2.13. The molecule has 1 unspecified atom stereocenters. The van der Waals surface area contributed by atoms with Crippen molar-refractivity contribution in [1.29, 1.82) is 0 Å². The van der Waals surface area contributed by atoms with Gasteiger partial charge in [-0.2, -0.15) is 0 Å². The second-order valence-corrected chi connectivity index (χ2v) is 5.08. The molecule has 4 nitrogen and oxygen atoms in total. The SMILES string of the molecule is CC(C)CC(C)(O)CNc1ccc(Cl)nn1. The summed E-state index contributed by atoms with van der Waals surface area (Å²) in [6, 6.07) is 3.40. The summed E-state index contributed by atoms with van der Waals surface area (Å²) in [7, 11) is 0. The lowest BCUT2D eigenvalue weighted by atomic mass is 9.94. The highest BCUT2D eigenvalue weighted by Crippen LogP contribution is 2.17. The second kappa shape index (κ2) is 5.46. The van der Waals surface area contributed by atoms with Crippen LogP contribution in [0, 0.1) is 5.92 Å². The Bertz CT molecular complexity index is 325. The van der Waals surface area contributed by atoms with Crippen LogP contribution >= 0.6 is 11.6 Å². The smallest absolute Gasteiger partial charge is 0.151 e. The van der Waals surface area contributed by atoms with Crippen molar-refractivity contribution in [3.8, 4) is 0 Å². The summed E-state index contributed by atoms with van der Waals surface area (Å²) >= 11 is 5.62. The number of anilines is 1. The molecule has 0 aliphatic heterocycles. The van der Waals surface area contributed by atoms with E-state index in [4.69, 9.17) is 11.6 Å². The zero-order valence-corrected chi connectivity index (χ0v) is 10.6. The van der Waals surface area contributed by atoms with Crippen LogP contribution < -0.4 is 5.32 Å². The van der Waals surface area contributed by atoms with Gasteiger partial charge in [-0.05, 0) is 31.4 Å². The predicted molar refractivity (Wildman–Crippen MR) is 65.6 cm³/mol. The van der Waals surface area contributed by atoms with Gasteiger partial charge in [0.05, 0.1) is 5.60 Å². The first-order chi connectivity index (χ1) is 7.39. The average molecular weight is 244 g/mol. The van der Waals surface area contributed by atoms with E-state index in [1.165, 1.54) is 0 Å². The number of hydrogen-bond donors (Lipinski definition) is 2. The summed E-state index contributed by atoms with van der Waals surface area (Å²) in [4.78, 5) is 0. The van der Waals surface area contributed by atoms with Crippen molar-refractivity contribution < 1.29 is 5.11 Å². The average Bonchev–Trinajstić information content (AvgIpc) is 2.15. The van der Waals surface area contributed by atoms with E-state index in [9.17, 15) is 5.11 Å². The molecule has 0 bridgehead atoms. The maximum atomic E-state index is 10.1. The molecule has 0 aromatic carbocycles. The van der Waals surface area contributed by atoms with Crippen LogP contribution in [0.3, 0.4) is 0 Å². The number of aliphatic hydroxyl groups is 1. The molecule has 5 heteroatoms. The van der Waals surface area contributed by atoms with E-state index < -0.39 is 5.60 Å². The summed E-state index contributed by atoms with van der Waals surface area (Å²) in [6.07, 6.45) is 0.737. The van der Waals surface area contributed by atoms with E-state index in [0.29, 0.717) is 23.4 Å². The molecule has 0 amide bonds. The Kier molecular flexibility index (Phi) is 4.50. The van der Waals surface area contributed by atoms with E-state index in [1.807, 2.05) is 6.92 Å². The van der Waals surface area contributed by atoms with Gasteiger partial charge < -0.3 is 10.4 Å². The topological polar surface area (TPSA) is 58.0 Å². The van der Waals surface area contributed by atoms with E-state index in [-0.39, 0.29) is 0 Å². The predicted octanol–water partition coefficient (Wildman–Crippen LogP) is 2.34. The highest BCUT2D eigenvalue weighted by Gasteiger charge is 2.21. The van der Waals surface area contributed by atoms with Crippen molar-refractivity contribution in [1.82, 2.24) is 10.2 Å². The number of nitrogens with one attached hydrogen (secondary N) is 1. The van der Waals surface area contributed by atoms with Gasteiger partial charge >= 0.3 is 0 Å². The molecule has 0 aliphatic carbocycles. The van der Waals surface area contributed by atoms with Crippen LogP contribution in [0.4, 0.5) is 5.82 Å². The minimum atomic E-state index is -0.741. The van der Waals surface area contributed by atoms with Crippen LogP contribution in [-0.4, -0.2) is 27.4 Å². The Labute approximate surface area is 101 Å². The summed E-state index contributed by atoms with van der Waals surface area (Å²) in [6.45, 7) is 6.41. The van der Waals surface area contributed by atoms with Crippen molar-refractivity contribution in [3.05, 3.63) is 17.3 Å². The molecule has 0 spiro atoms. The monoisotopic (exact) mass is 243 g/mol. The summed E-state index contributed by atoms with van der Waals surface area (Å²) in [5.74, 6) is 1.07. The van der Waals surface area contributed by atoms with Crippen LogP contribution in [0.2, 0.25) is 5.15 Å². The first-order valence-corrected chi connectivity index (χ1v) is 5.72. The zero-order valence-electron chi connectivity index (χ0n) is 9.87. The fourth-order valence-corrected chi connectivity index (χ4v) is 1.74. The molecular formula is C11H18ClN3O. The molecule has 0 saturated carbocycles. The highest BCUT2D eigenvalue weighted by molar-refractivity contribution is 6.29. The summed E-state index contributed by atoms with van der Waals surface area (Å²) < 4.78 is 0. The Balaban J connectivity index is 2.47. The second-order valence-electron chi connectivity index (χ2n) is 4.69. The number of nitrogens with zero attached hydrogens (tertiary/aromatic N) is 2. The summed E-state index contributed by atoms with van der Waals surface area (Å²) in [5.41, 5.74) is -0.741. The van der Waals surface area contributed by atoms with Gasteiger partial charge in [-0.25, -0.2) is 0 Å². The fourth-order valence-electron chi connectivity index (χ4n) is 1.64. The molecule has 1 rings (SSSR count). The molecular weight excluding hydrogens is 226 g/mol. The first kappa shape index (κ1) is 13.2. The zero-order chi connectivity index (χ0) is 12.2. The van der Waals surface area contributed by atoms with Gasteiger partial charge in [0, 0.05) is 6.54 Å². The third-order valence-corrected chi connectivity index (χ3v) is 2.33. The number of hydrogen-bond acceptors (Lipinski definition) is 4. The number of halogens is 1. The largest absolute Gasteiger partial charge is 0.388 e. The highest BCUT2D eigenvalue weighted by atomic mass is 35.5. The normalized spacial score (nSPS) is 14.9. The number of rotatable bonds is 5. The molecule has 0 saturated heterocycles. The van der Waals surface area contributed by atoms with E-state index in [2.05, 4.69) is 29.4 Å². The molecule has 90 valence electrons. The van der Waals surface area contributed by atoms with Crippen LogP contribution in [-0.2, 0) is 0 Å². The first-order valence-electron chi connectivity index (χ1n) is 5.34. The molecule has 1 heterocycles. The van der Waals surface area contributed by atoms with E-state index >= 15 is 0 Å². The maximum absolute atomic E-state index is 10.1. The number of aromatic nitrogens is 2. The summed E-state index contributed by atoms with van der Waals surface area (Å²) in [5, 5.41) is 21.0. The van der Waals surface area contributed by atoms with Crippen molar-refractivity contribution >= 4 is 17.4 Å². The molecule has 2 N–H and O–H groups in total. The van der Waals surface area contributed by atoms with Gasteiger partial charge in [0.25, 0.3) is 0 Å². The van der Waals surface area contributed by atoms with Crippen molar-refractivity contribution in [2.24, 2.45) is 5.92 Å². The van der Waals surface area contributed by atoms with Crippen molar-refractivity contribution in [3.63, 3.8) is 0 Å². The van der Waals surface area contributed by atoms with E-state index in [1.54, 1.807) is 12.1 Å². The quantitative estimate of drug-likeness (QED) is 0.834. The molecule has 1 aromatic heterocycles. The third kappa shape index (κ3) is 4.77. The molecule has 0 radical (unpaired) electrons. The van der Waals surface area contributed by atoms with Crippen molar-refractivity contribution in [2.75, 3.05) is 11.9 Å². The molecule has 1 atom stereocenters. The Morgan fingerprint density at radius 2 is 2.12 bits per heavy atom. The van der Waals surface area contributed by atoms with Gasteiger partial charge in [-0.3, -0.25) is 0 Å². The Morgan fingerprint density at radius 1 is 1.44 bits per heavy atom. The van der Waals surface area contributed by atoms with Crippen molar-refractivity contribution in [2.45, 2.75) is 32.8 Å². The lowest BCUT2D eigenvalue weighted by Crippen LogP contribution is -2.35. The lowest BCUT2D eigenvalue weighted by molar-refractivity contribution is 0.0514. The molecule has 0 fully saturated rings. The van der Waals surface area contributed by atoms with Crippen LogP contribution in [0.15, 0.2) is 12.1 Å². The van der Waals surface area contributed by atoms with Gasteiger partial charge in [-0.1, -0.05) is 25.4 Å². The van der Waals surface area contributed by atoms with Gasteiger partial charge in [0.15, 0.2) is 5.15 Å². The molecule has 0 aliphatic rings. The standard InChI is InChI=1S/C11H18ClN3O/c1-8(2)6-11(3,16)7-13-10-5-4-9(12)14-15-10/h4-5,8,16H,6-7H2,1-3H3,(H,13,15). The van der Waals surface area contributed by atoms with Crippen LogP contribution in [0.25, 0.3) is 0 Å². The minimum Gasteiger partial charge on any atom is -0.388 e. The van der Waals surface area contributed by atoms with Gasteiger partial charge in [0.1, 0.15) is 5.82 Å². The molecule has 1 aromatic rings. The van der Waals surface area contributed by atoms with E-state index in [0.717, 1.165) is 6.42 Å². The fraction of sp³-hybridized carbons (Fsp3) is 0.636. The van der Waals surface area contributed by atoms with Gasteiger partial charge in [-0.15, -0.1) is 10.2 Å². The van der Waals surface area contributed by atoms with Gasteiger partial charge in [0.2, 0.25) is 0 Å². The van der Waals surface area contributed by atoms with Crippen LogP contribution in [0.5, 0.6) is 0 Å². The Hall–Kier alpha value is -0.870. The molecule has 16 heavy (non-hydrogen) atoms. The maximum Gasteiger partial charge on any atom is 0.151 e. The van der Waals surface area contributed by atoms with Crippen LogP contribution in [0.1, 0.15) is 27.2 Å². The minimum absolute atomic E-state index is 0.361.